The molecule has 15 heavy (non-hydrogen) atoms. The third kappa shape index (κ3) is 1.44. The normalized spacial score (nSPS) is 34.9. The first-order valence-corrected chi connectivity index (χ1v) is 5.73. The summed E-state index contributed by atoms with van der Waals surface area (Å²) in [5, 5.41) is 9.27. The fraction of sp³-hybridized carbons (Fsp3) is 0.538. The van der Waals surface area contributed by atoms with Gasteiger partial charge in [0.25, 0.3) is 0 Å². The Morgan fingerprint density at radius 1 is 1.20 bits per heavy atom. The SMILES string of the molecule is CN1CC2CC(c3ccc(O)cc3)C1C2. The maximum Gasteiger partial charge on any atom is 0.115 e. The quantitative estimate of drug-likeness (QED) is 0.756. The molecule has 3 unspecified atom stereocenters. The van der Waals surface area contributed by atoms with Gasteiger partial charge in [-0.2, -0.15) is 0 Å². The molecular formula is C13H17NO. The Morgan fingerprint density at radius 2 is 1.93 bits per heavy atom. The molecule has 0 amide bonds. The smallest absolute Gasteiger partial charge is 0.115 e. The molecule has 1 aromatic rings. The lowest BCUT2D eigenvalue weighted by molar-refractivity contribution is 0.234. The van der Waals surface area contributed by atoms with Gasteiger partial charge in [-0.3, -0.25) is 0 Å². The summed E-state index contributed by atoms with van der Waals surface area (Å²) in [6.45, 7) is 1.28. The number of hydrogen-bond acceptors (Lipinski definition) is 2. The second kappa shape index (κ2) is 3.24. The van der Waals surface area contributed by atoms with Crippen LogP contribution in [0, 0.1) is 5.92 Å². The zero-order valence-electron chi connectivity index (χ0n) is 9.06. The summed E-state index contributed by atoms with van der Waals surface area (Å²) >= 11 is 0. The molecule has 2 heteroatoms. The summed E-state index contributed by atoms with van der Waals surface area (Å²) in [5.41, 5.74) is 1.40. The Balaban J connectivity index is 1.86. The Hall–Kier alpha value is -1.02. The third-order valence-corrected chi connectivity index (χ3v) is 4.06. The van der Waals surface area contributed by atoms with Gasteiger partial charge in [-0.25, -0.2) is 0 Å². The van der Waals surface area contributed by atoms with Gasteiger partial charge in [-0.1, -0.05) is 12.1 Å². The van der Waals surface area contributed by atoms with Crippen LogP contribution in [0.5, 0.6) is 5.75 Å². The molecule has 1 heterocycles. The second-order valence-corrected chi connectivity index (χ2v) is 5.04. The van der Waals surface area contributed by atoms with Crippen LogP contribution in [0.2, 0.25) is 0 Å². The van der Waals surface area contributed by atoms with Gasteiger partial charge in [0.2, 0.25) is 0 Å². The van der Waals surface area contributed by atoms with Crippen molar-refractivity contribution in [1.29, 1.82) is 0 Å². The van der Waals surface area contributed by atoms with Crippen LogP contribution in [0.15, 0.2) is 24.3 Å². The van der Waals surface area contributed by atoms with E-state index in [1.165, 1.54) is 24.9 Å². The first-order valence-electron chi connectivity index (χ1n) is 5.73. The Morgan fingerprint density at radius 3 is 2.53 bits per heavy atom. The first kappa shape index (κ1) is 9.22. The van der Waals surface area contributed by atoms with E-state index in [2.05, 4.69) is 24.1 Å². The predicted molar refractivity (Wildman–Crippen MR) is 60.0 cm³/mol. The van der Waals surface area contributed by atoms with Crippen molar-refractivity contribution in [2.75, 3.05) is 13.6 Å². The molecule has 1 aromatic carbocycles. The molecule has 2 fully saturated rings. The highest BCUT2D eigenvalue weighted by molar-refractivity contribution is 5.30. The van der Waals surface area contributed by atoms with Crippen LogP contribution >= 0.6 is 0 Å². The molecule has 2 aliphatic rings. The summed E-state index contributed by atoms with van der Waals surface area (Å²) in [7, 11) is 2.23. The number of benzene rings is 1. The second-order valence-electron chi connectivity index (χ2n) is 5.04. The van der Waals surface area contributed by atoms with Gasteiger partial charge in [0.05, 0.1) is 0 Å². The number of likely N-dealkylation sites (N-methyl/N-ethyl adjacent to an activating group) is 1. The molecular weight excluding hydrogens is 186 g/mol. The topological polar surface area (TPSA) is 23.5 Å². The minimum absolute atomic E-state index is 0.371. The highest BCUT2D eigenvalue weighted by Gasteiger charge is 2.43. The number of nitrogens with zero attached hydrogens (tertiary/aromatic N) is 1. The number of phenols is 1. The van der Waals surface area contributed by atoms with E-state index in [9.17, 15) is 5.11 Å². The van der Waals surface area contributed by atoms with Gasteiger partial charge in [0.15, 0.2) is 0 Å². The molecule has 1 N–H and O–H groups in total. The molecule has 3 atom stereocenters. The van der Waals surface area contributed by atoms with Crippen molar-refractivity contribution in [3.8, 4) is 5.75 Å². The number of aromatic hydroxyl groups is 1. The molecule has 1 saturated heterocycles. The molecule has 80 valence electrons. The molecule has 0 radical (unpaired) electrons. The molecule has 0 spiro atoms. The van der Waals surface area contributed by atoms with Crippen molar-refractivity contribution in [2.24, 2.45) is 5.92 Å². The number of piperidine rings is 1. The summed E-state index contributed by atoms with van der Waals surface area (Å²) in [4.78, 5) is 2.49. The van der Waals surface area contributed by atoms with Crippen molar-refractivity contribution < 1.29 is 5.11 Å². The predicted octanol–water partition coefficient (Wildman–Crippen LogP) is 2.20. The van der Waals surface area contributed by atoms with Crippen LogP contribution in [0.25, 0.3) is 0 Å². The summed E-state index contributed by atoms with van der Waals surface area (Å²) in [6, 6.07) is 8.51. The van der Waals surface area contributed by atoms with E-state index in [1.54, 1.807) is 12.1 Å². The molecule has 1 saturated carbocycles. The molecule has 1 aliphatic heterocycles. The zero-order chi connectivity index (χ0) is 10.4. The van der Waals surface area contributed by atoms with E-state index < -0.39 is 0 Å². The van der Waals surface area contributed by atoms with E-state index >= 15 is 0 Å². The number of likely N-dealkylation sites (tertiary alicyclic amines) is 1. The number of fused-ring (bicyclic) bond motifs is 2. The van der Waals surface area contributed by atoms with Crippen LogP contribution in [-0.2, 0) is 0 Å². The summed E-state index contributed by atoms with van der Waals surface area (Å²) in [5.74, 6) is 1.96. The van der Waals surface area contributed by atoms with E-state index in [4.69, 9.17) is 0 Å². The van der Waals surface area contributed by atoms with Gasteiger partial charge in [0.1, 0.15) is 5.75 Å². The van der Waals surface area contributed by atoms with Crippen LogP contribution in [0.3, 0.4) is 0 Å². The van der Waals surface area contributed by atoms with Crippen molar-refractivity contribution in [1.82, 2.24) is 4.90 Å². The third-order valence-electron chi connectivity index (χ3n) is 4.06. The lowest BCUT2D eigenvalue weighted by atomic mass is 9.91. The Bertz CT molecular complexity index is 359. The van der Waals surface area contributed by atoms with Crippen LogP contribution in [-0.4, -0.2) is 29.6 Å². The minimum Gasteiger partial charge on any atom is -0.508 e. The van der Waals surface area contributed by atoms with Crippen molar-refractivity contribution in [3.63, 3.8) is 0 Å². The molecule has 2 nitrogen and oxygen atoms in total. The van der Waals surface area contributed by atoms with E-state index in [-0.39, 0.29) is 0 Å². The Kier molecular flexibility index (Phi) is 1.99. The summed E-state index contributed by atoms with van der Waals surface area (Å²) in [6.07, 6.45) is 2.70. The molecule has 0 aromatic heterocycles. The highest BCUT2D eigenvalue weighted by Crippen LogP contribution is 2.46. The number of rotatable bonds is 1. The Labute approximate surface area is 90.5 Å². The van der Waals surface area contributed by atoms with Gasteiger partial charge < -0.3 is 10.0 Å². The van der Waals surface area contributed by atoms with Crippen LogP contribution in [0.4, 0.5) is 0 Å². The summed E-state index contributed by atoms with van der Waals surface area (Å²) < 4.78 is 0. The lowest BCUT2D eigenvalue weighted by Crippen LogP contribution is -2.33. The molecule has 1 aliphatic carbocycles. The fourth-order valence-corrected chi connectivity index (χ4v) is 3.38. The monoisotopic (exact) mass is 203 g/mol. The van der Waals surface area contributed by atoms with Gasteiger partial charge in [0, 0.05) is 12.6 Å². The van der Waals surface area contributed by atoms with Gasteiger partial charge >= 0.3 is 0 Å². The van der Waals surface area contributed by atoms with Crippen LogP contribution < -0.4 is 0 Å². The average molecular weight is 203 g/mol. The molecule has 2 bridgehead atoms. The minimum atomic E-state index is 0.371. The van der Waals surface area contributed by atoms with Crippen molar-refractivity contribution >= 4 is 0 Å². The largest absolute Gasteiger partial charge is 0.508 e. The molecule has 3 rings (SSSR count). The standard InChI is InChI=1S/C13H17NO/c1-14-8-9-6-12(13(14)7-9)10-2-4-11(15)5-3-10/h2-5,9,12-13,15H,6-8H2,1H3. The lowest BCUT2D eigenvalue weighted by Gasteiger charge is -2.30. The van der Waals surface area contributed by atoms with Crippen molar-refractivity contribution in [3.05, 3.63) is 29.8 Å². The average Bonchev–Trinajstić information content (AvgIpc) is 2.77. The zero-order valence-corrected chi connectivity index (χ0v) is 9.06. The van der Waals surface area contributed by atoms with E-state index in [0.29, 0.717) is 11.7 Å². The maximum atomic E-state index is 9.27. The first-order chi connectivity index (χ1) is 7.24. The van der Waals surface area contributed by atoms with Crippen LogP contribution in [0.1, 0.15) is 24.3 Å². The number of hydrogen-bond donors (Lipinski definition) is 1. The van der Waals surface area contributed by atoms with Crippen molar-refractivity contribution in [2.45, 2.75) is 24.8 Å². The van der Waals surface area contributed by atoms with E-state index in [1.807, 2.05) is 0 Å². The van der Waals surface area contributed by atoms with Gasteiger partial charge in [-0.15, -0.1) is 0 Å². The fourth-order valence-electron chi connectivity index (χ4n) is 3.38. The maximum absolute atomic E-state index is 9.27. The number of phenolic OH excluding ortho intramolecular Hbond substituents is 1. The van der Waals surface area contributed by atoms with E-state index in [0.717, 1.165) is 12.0 Å². The van der Waals surface area contributed by atoms with Gasteiger partial charge in [-0.05, 0) is 49.4 Å². The highest BCUT2D eigenvalue weighted by atomic mass is 16.3.